The molecule has 0 spiro atoms. The van der Waals surface area contributed by atoms with Crippen molar-refractivity contribution in [3.63, 3.8) is 0 Å². The van der Waals surface area contributed by atoms with Crippen molar-refractivity contribution in [3.8, 4) is 5.75 Å². The van der Waals surface area contributed by atoms with Crippen molar-refractivity contribution < 1.29 is 9.53 Å². The van der Waals surface area contributed by atoms with E-state index in [0.29, 0.717) is 12.6 Å². The second-order valence-electron chi connectivity index (χ2n) is 6.39. The number of para-hydroxylation sites is 1. The molecule has 0 unspecified atom stereocenters. The first kappa shape index (κ1) is 15.6. The molecule has 0 bridgehead atoms. The summed E-state index contributed by atoms with van der Waals surface area (Å²) in [6, 6.07) is 17.9. The molecule has 0 aliphatic heterocycles. The van der Waals surface area contributed by atoms with Crippen LogP contribution in [-0.4, -0.2) is 28.9 Å². The summed E-state index contributed by atoms with van der Waals surface area (Å²) < 4.78 is 5.21. The molecule has 0 atom stereocenters. The zero-order chi connectivity index (χ0) is 17.2. The van der Waals surface area contributed by atoms with Crippen molar-refractivity contribution in [2.75, 3.05) is 7.11 Å². The van der Waals surface area contributed by atoms with E-state index in [4.69, 9.17) is 4.74 Å². The molecule has 0 N–H and O–H groups in total. The number of aromatic nitrogens is 1. The van der Waals surface area contributed by atoms with Gasteiger partial charge in [-0.05, 0) is 42.7 Å². The van der Waals surface area contributed by atoms with Crippen molar-refractivity contribution >= 4 is 16.8 Å². The maximum absolute atomic E-state index is 13.2. The molecule has 4 heteroatoms. The van der Waals surface area contributed by atoms with Crippen LogP contribution in [0.2, 0.25) is 0 Å². The third kappa shape index (κ3) is 3.20. The lowest BCUT2D eigenvalue weighted by Gasteiger charge is -2.23. The van der Waals surface area contributed by atoms with Crippen molar-refractivity contribution in [2.45, 2.75) is 25.4 Å². The number of fused-ring (bicyclic) bond motifs is 1. The number of amides is 1. The van der Waals surface area contributed by atoms with E-state index in [0.717, 1.165) is 40.6 Å². The number of benzene rings is 2. The third-order valence-corrected chi connectivity index (χ3v) is 4.64. The van der Waals surface area contributed by atoms with Gasteiger partial charge in [0.25, 0.3) is 5.91 Å². The Morgan fingerprint density at radius 3 is 2.60 bits per heavy atom. The van der Waals surface area contributed by atoms with Gasteiger partial charge in [0.05, 0.1) is 18.2 Å². The average molecular weight is 332 g/mol. The van der Waals surface area contributed by atoms with E-state index in [1.54, 1.807) is 13.3 Å². The van der Waals surface area contributed by atoms with Gasteiger partial charge < -0.3 is 9.64 Å². The standard InChI is InChI=1S/C21H20N2O2/c1-25-17-10-6-15(7-11-17)14-23(16-8-9-16)21(24)19-12-13-22-20-5-3-2-4-18(19)20/h2-7,10-13,16H,8-9,14H2,1H3. The smallest absolute Gasteiger partial charge is 0.255 e. The molecule has 1 aliphatic carbocycles. The van der Waals surface area contributed by atoms with Gasteiger partial charge in [-0.15, -0.1) is 0 Å². The minimum Gasteiger partial charge on any atom is -0.497 e. The summed E-state index contributed by atoms with van der Waals surface area (Å²) in [6.45, 7) is 0.615. The summed E-state index contributed by atoms with van der Waals surface area (Å²) in [5.41, 5.74) is 2.69. The maximum Gasteiger partial charge on any atom is 0.255 e. The molecule has 1 saturated carbocycles. The highest BCUT2D eigenvalue weighted by Crippen LogP contribution is 2.31. The molecule has 126 valence electrons. The van der Waals surface area contributed by atoms with Crippen LogP contribution in [0.4, 0.5) is 0 Å². The number of pyridine rings is 1. The molecule has 0 radical (unpaired) electrons. The molecule has 0 saturated heterocycles. The first-order valence-corrected chi connectivity index (χ1v) is 8.54. The molecular weight excluding hydrogens is 312 g/mol. The minimum atomic E-state index is 0.0805. The summed E-state index contributed by atoms with van der Waals surface area (Å²) in [5, 5.41) is 0.912. The SMILES string of the molecule is COc1ccc(CN(C(=O)c2ccnc3ccccc23)C2CC2)cc1. The molecule has 4 nitrogen and oxygen atoms in total. The summed E-state index contributed by atoms with van der Waals surface area (Å²) >= 11 is 0. The van der Waals surface area contributed by atoms with Gasteiger partial charge in [0.2, 0.25) is 0 Å². The van der Waals surface area contributed by atoms with Crippen molar-refractivity contribution in [1.29, 1.82) is 0 Å². The largest absolute Gasteiger partial charge is 0.497 e. The summed E-state index contributed by atoms with van der Waals surface area (Å²) in [5.74, 6) is 0.907. The molecular formula is C21H20N2O2. The van der Waals surface area contributed by atoms with Gasteiger partial charge in [0.1, 0.15) is 5.75 Å². The molecule has 1 heterocycles. The predicted octanol–water partition coefficient (Wildman–Crippen LogP) is 4.05. The normalized spacial score (nSPS) is 13.6. The van der Waals surface area contributed by atoms with Gasteiger partial charge >= 0.3 is 0 Å². The first-order chi connectivity index (χ1) is 12.3. The minimum absolute atomic E-state index is 0.0805. The zero-order valence-electron chi connectivity index (χ0n) is 14.2. The van der Waals surface area contributed by atoms with Crippen LogP contribution in [0.25, 0.3) is 10.9 Å². The molecule has 25 heavy (non-hydrogen) atoms. The van der Waals surface area contributed by atoms with E-state index in [1.807, 2.05) is 59.5 Å². The lowest BCUT2D eigenvalue weighted by Crippen LogP contribution is -2.32. The van der Waals surface area contributed by atoms with E-state index in [-0.39, 0.29) is 5.91 Å². The van der Waals surface area contributed by atoms with Crippen LogP contribution in [0.1, 0.15) is 28.8 Å². The van der Waals surface area contributed by atoms with E-state index in [9.17, 15) is 4.79 Å². The predicted molar refractivity (Wildman–Crippen MR) is 97.6 cm³/mol. The van der Waals surface area contributed by atoms with Crippen LogP contribution in [0.15, 0.2) is 60.8 Å². The monoisotopic (exact) mass is 332 g/mol. The number of hydrogen-bond acceptors (Lipinski definition) is 3. The highest BCUT2D eigenvalue weighted by atomic mass is 16.5. The second kappa shape index (κ2) is 6.55. The van der Waals surface area contributed by atoms with E-state index >= 15 is 0 Å². The highest BCUT2D eigenvalue weighted by Gasteiger charge is 2.33. The summed E-state index contributed by atoms with van der Waals surface area (Å²) in [4.78, 5) is 19.6. The molecule has 1 aliphatic rings. The number of nitrogens with zero attached hydrogens (tertiary/aromatic N) is 2. The molecule has 2 aromatic carbocycles. The van der Waals surface area contributed by atoms with Gasteiger partial charge in [0.15, 0.2) is 0 Å². The van der Waals surface area contributed by atoms with Crippen molar-refractivity contribution in [2.24, 2.45) is 0 Å². The van der Waals surface area contributed by atoms with E-state index in [1.165, 1.54) is 0 Å². The van der Waals surface area contributed by atoms with Crippen LogP contribution in [0.3, 0.4) is 0 Å². The second-order valence-corrected chi connectivity index (χ2v) is 6.39. The van der Waals surface area contributed by atoms with Crippen molar-refractivity contribution in [1.82, 2.24) is 9.88 Å². The lowest BCUT2D eigenvalue weighted by atomic mass is 10.1. The highest BCUT2D eigenvalue weighted by molar-refractivity contribution is 6.06. The Morgan fingerprint density at radius 1 is 1.12 bits per heavy atom. The third-order valence-electron chi connectivity index (χ3n) is 4.64. The Kier molecular flexibility index (Phi) is 4.10. The average Bonchev–Trinajstić information content (AvgIpc) is 3.50. The van der Waals surface area contributed by atoms with Gasteiger partial charge in [-0.3, -0.25) is 9.78 Å². The van der Waals surface area contributed by atoms with Crippen LogP contribution >= 0.6 is 0 Å². The Bertz CT molecular complexity index is 896. The Morgan fingerprint density at radius 2 is 1.88 bits per heavy atom. The number of carbonyl (C=O) groups excluding carboxylic acids is 1. The fraction of sp³-hybridized carbons (Fsp3) is 0.238. The van der Waals surface area contributed by atoms with Crippen LogP contribution in [-0.2, 0) is 6.54 Å². The van der Waals surface area contributed by atoms with Crippen molar-refractivity contribution in [3.05, 3.63) is 71.9 Å². The summed E-state index contributed by atoms with van der Waals surface area (Å²) in [6.07, 6.45) is 3.86. The zero-order valence-corrected chi connectivity index (χ0v) is 14.2. The number of methoxy groups -OCH3 is 1. The number of rotatable bonds is 5. The number of carbonyl (C=O) groups is 1. The lowest BCUT2D eigenvalue weighted by molar-refractivity contribution is 0.0732. The fourth-order valence-electron chi connectivity index (χ4n) is 3.12. The molecule has 3 aromatic rings. The molecule has 1 aromatic heterocycles. The molecule has 4 rings (SSSR count). The van der Waals surface area contributed by atoms with Crippen LogP contribution in [0, 0.1) is 0 Å². The van der Waals surface area contributed by atoms with E-state index < -0.39 is 0 Å². The molecule has 1 amide bonds. The van der Waals surface area contributed by atoms with Gasteiger partial charge in [-0.1, -0.05) is 30.3 Å². The van der Waals surface area contributed by atoms with Gasteiger partial charge in [-0.2, -0.15) is 0 Å². The summed E-state index contributed by atoms with van der Waals surface area (Å²) in [7, 11) is 1.66. The Labute approximate surface area is 147 Å². The number of hydrogen-bond donors (Lipinski definition) is 0. The Hall–Kier alpha value is -2.88. The maximum atomic E-state index is 13.2. The molecule has 1 fully saturated rings. The number of ether oxygens (including phenoxy) is 1. The topological polar surface area (TPSA) is 42.4 Å². The fourth-order valence-corrected chi connectivity index (χ4v) is 3.12. The van der Waals surface area contributed by atoms with Gasteiger partial charge in [-0.25, -0.2) is 0 Å². The van der Waals surface area contributed by atoms with Gasteiger partial charge in [0, 0.05) is 24.2 Å². The quantitative estimate of drug-likeness (QED) is 0.708. The van der Waals surface area contributed by atoms with E-state index in [2.05, 4.69) is 4.98 Å². The van der Waals surface area contributed by atoms with Crippen LogP contribution < -0.4 is 4.74 Å². The first-order valence-electron chi connectivity index (χ1n) is 8.54. The van der Waals surface area contributed by atoms with Crippen LogP contribution in [0.5, 0.6) is 5.75 Å². The Balaban J connectivity index is 1.64.